The van der Waals surface area contributed by atoms with Crippen LogP contribution >= 0.6 is 11.8 Å². The average molecular weight is 247 g/mol. The first kappa shape index (κ1) is 12.2. The monoisotopic (exact) mass is 247 g/mol. The summed E-state index contributed by atoms with van der Waals surface area (Å²) in [5, 5.41) is 10.00. The SMILES string of the molecule is Cc1cccc(-c2nnc(SC(C)C)n2C)c1. The zero-order valence-electron chi connectivity index (χ0n) is 10.6. The molecule has 2 rings (SSSR count). The Morgan fingerprint density at radius 3 is 2.65 bits per heavy atom. The molecule has 2 aromatic rings. The van der Waals surface area contributed by atoms with Crippen LogP contribution in [0.2, 0.25) is 0 Å². The van der Waals surface area contributed by atoms with Crippen molar-refractivity contribution in [2.24, 2.45) is 7.05 Å². The summed E-state index contributed by atoms with van der Waals surface area (Å²) in [5.74, 6) is 0.928. The summed E-state index contributed by atoms with van der Waals surface area (Å²) in [5.41, 5.74) is 2.36. The van der Waals surface area contributed by atoms with E-state index < -0.39 is 0 Å². The van der Waals surface area contributed by atoms with Crippen molar-refractivity contribution in [3.63, 3.8) is 0 Å². The first-order chi connectivity index (χ1) is 8.08. The van der Waals surface area contributed by atoms with Gasteiger partial charge in [-0.1, -0.05) is 49.4 Å². The van der Waals surface area contributed by atoms with E-state index in [9.17, 15) is 0 Å². The third-order valence-corrected chi connectivity index (χ3v) is 3.49. The molecule has 0 aliphatic rings. The number of hydrogen-bond acceptors (Lipinski definition) is 3. The molecule has 0 radical (unpaired) electrons. The van der Waals surface area contributed by atoms with Crippen LogP contribution in [0.4, 0.5) is 0 Å². The Morgan fingerprint density at radius 2 is 2.00 bits per heavy atom. The number of aromatic nitrogens is 3. The predicted molar refractivity (Wildman–Crippen MR) is 72.2 cm³/mol. The summed E-state index contributed by atoms with van der Waals surface area (Å²) in [4.78, 5) is 0. The van der Waals surface area contributed by atoms with Gasteiger partial charge in [-0.3, -0.25) is 0 Å². The van der Waals surface area contributed by atoms with Gasteiger partial charge in [0, 0.05) is 17.9 Å². The van der Waals surface area contributed by atoms with Crippen molar-refractivity contribution in [2.75, 3.05) is 0 Å². The highest BCUT2D eigenvalue weighted by atomic mass is 32.2. The van der Waals surface area contributed by atoms with E-state index in [1.54, 1.807) is 11.8 Å². The summed E-state index contributed by atoms with van der Waals surface area (Å²) in [6.07, 6.45) is 0. The van der Waals surface area contributed by atoms with Crippen LogP contribution in [-0.4, -0.2) is 20.0 Å². The first-order valence-corrected chi connectivity index (χ1v) is 6.59. The van der Waals surface area contributed by atoms with Crippen molar-refractivity contribution in [1.29, 1.82) is 0 Å². The minimum Gasteiger partial charge on any atom is -0.305 e. The highest BCUT2D eigenvalue weighted by Gasteiger charge is 2.12. The van der Waals surface area contributed by atoms with Gasteiger partial charge in [-0.15, -0.1) is 10.2 Å². The largest absolute Gasteiger partial charge is 0.305 e. The molecular formula is C13H17N3S. The summed E-state index contributed by atoms with van der Waals surface area (Å²) >= 11 is 1.73. The van der Waals surface area contributed by atoms with Crippen molar-refractivity contribution >= 4 is 11.8 Å². The van der Waals surface area contributed by atoms with Crippen molar-refractivity contribution in [3.05, 3.63) is 29.8 Å². The second-order valence-electron chi connectivity index (χ2n) is 4.40. The third kappa shape index (κ3) is 2.69. The number of hydrogen-bond donors (Lipinski definition) is 0. The van der Waals surface area contributed by atoms with Gasteiger partial charge in [0.05, 0.1) is 0 Å². The van der Waals surface area contributed by atoms with E-state index in [1.807, 2.05) is 7.05 Å². The molecule has 17 heavy (non-hydrogen) atoms. The lowest BCUT2D eigenvalue weighted by Gasteiger charge is -2.05. The van der Waals surface area contributed by atoms with Crippen LogP contribution in [0.5, 0.6) is 0 Å². The van der Waals surface area contributed by atoms with Gasteiger partial charge >= 0.3 is 0 Å². The molecular weight excluding hydrogens is 230 g/mol. The standard InChI is InChI=1S/C13H17N3S/c1-9(2)17-13-15-14-12(16(13)4)11-7-5-6-10(3)8-11/h5-9H,1-4H3. The van der Waals surface area contributed by atoms with Crippen molar-refractivity contribution < 1.29 is 0 Å². The molecule has 0 N–H and O–H groups in total. The average Bonchev–Trinajstić information content (AvgIpc) is 2.60. The molecule has 0 saturated heterocycles. The Kier molecular flexibility index (Phi) is 3.52. The summed E-state index contributed by atoms with van der Waals surface area (Å²) < 4.78 is 2.06. The molecule has 0 atom stereocenters. The maximum absolute atomic E-state index is 4.27. The van der Waals surface area contributed by atoms with Crippen LogP contribution in [-0.2, 0) is 7.05 Å². The normalized spacial score (nSPS) is 11.1. The summed E-state index contributed by atoms with van der Waals surface area (Å²) in [6.45, 7) is 6.40. The molecule has 0 amide bonds. The molecule has 0 fully saturated rings. The number of nitrogens with zero attached hydrogens (tertiary/aromatic N) is 3. The molecule has 0 saturated carbocycles. The molecule has 1 aromatic carbocycles. The van der Waals surface area contributed by atoms with Gasteiger partial charge in [-0.2, -0.15) is 0 Å². The quantitative estimate of drug-likeness (QED) is 0.780. The van der Waals surface area contributed by atoms with E-state index in [2.05, 4.69) is 59.8 Å². The van der Waals surface area contributed by atoms with Gasteiger partial charge in [0.25, 0.3) is 0 Å². The van der Waals surface area contributed by atoms with E-state index in [-0.39, 0.29) is 0 Å². The van der Waals surface area contributed by atoms with Crippen LogP contribution < -0.4 is 0 Å². The van der Waals surface area contributed by atoms with Crippen molar-refractivity contribution in [2.45, 2.75) is 31.2 Å². The van der Waals surface area contributed by atoms with Crippen molar-refractivity contribution in [1.82, 2.24) is 14.8 Å². The zero-order valence-corrected chi connectivity index (χ0v) is 11.5. The topological polar surface area (TPSA) is 30.7 Å². The van der Waals surface area contributed by atoms with E-state index in [0.29, 0.717) is 5.25 Å². The fraction of sp³-hybridized carbons (Fsp3) is 0.385. The molecule has 0 aliphatic heterocycles. The smallest absolute Gasteiger partial charge is 0.191 e. The van der Waals surface area contributed by atoms with E-state index in [0.717, 1.165) is 16.5 Å². The van der Waals surface area contributed by atoms with Gasteiger partial charge in [0.2, 0.25) is 0 Å². The van der Waals surface area contributed by atoms with Gasteiger partial charge in [-0.25, -0.2) is 0 Å². The second kappa shape index (κ2) is 4.92. The number of aryl methyl sites for hydroxylation is 1. The van der Waals surface area contributed by atoms with Gasteiger partial charge in [0.1, 0.15) is 0 Å². The maximum atomic E-state index is 4.27. The molecule has 90 valence electrons. The van der Waals surface area contributed by atoms with E-state index >= 15 is 0 Å². The zero-order chi connectivity index (χ0) is 12.4. The van der Waals surface area contributed by atoms with E-state index in [4.69, 9.17) is 0 Å². The lowest BCUT2D eigenvalue weighted by Crippen LogP contribution is -1.97. The van der Waals surface area contributed by atoms with Crippen LogP contribution in [0.1, 0.15) is 19.4 Å². The second-order valence-corrected chi connectivity index (χ2v) is 5.94. The number of rotatable bonds is 3. The van der Waals surface area contributed by atoms with Crippen LogP contribution in [0.3, 0.4) is 0 Å². The fourth-order valence-electron chi connectivity index (χ4n) is 1.66. The highest BCUT2D eigenvalue weighted by Crippen LogP contribution is 2.25. The minimum absolute atomic E-state index is 0.517. The van der Waals surface area contributed by atoms with Crippen molar-refractivity contribution in [3.8, 4) is 11.4 Å². The Bertz CT molecular complexity index is 517. The molecule has 0 aliphatic carbocycles. The Hall–Kier alpha value is -1.29. The van der Waals surface area contributed by atoms with Crippen LogP contribution in [0, 0.1) is 6.92 Å². The molecule has 0 unspecified atom stereocenters. The Balaban J connectivity index is 2.37. The van der Waals surface area contributed by atoms with Gasteiger partial charge in [0.15, 0.2) is 11.0 Å². The highest BCUT2D eigenvalue weighted by molar-refractivity contribution is 7.99. The summed E-state index contributed by atoms with van der Waals surface area (Å²) in [7, 11) is 2.02. The van der Waals surface area contributed by atoms with Crippen LogP contribution in [0.25, 0.3) is 11.4 Å². The first-order valence-electron chi connectivity index (χ1n) is 5.71. The third-order valence-electron chi connectivity index (χ3n) is 2.45. The predicted octanol–water partition coefficient (Wildman–Crippen LogP) is 3.29. The van der Waals surface area contributed by atoms with E-state index in [1.165, 1.54) is 5.56 Å². The van der Waals surface area contributed by atoms with Crippen LogP contribution in [0.15, 0.2) is 29.4 Å². The molecule has 1 aromatic heterocycles. The molecule has 0 spiro atoms. The number of benzene rings is 1. The van der Waals surface area contributed by atoms with Gasteiger partial charge in [-0.05, 0) is 13.0 Å². The molecule has 1 heterocycles. The Labute approximate surface area is 106 Å². The molecule has 4 heteroatoms. The maximum Gasteiger partial charge on any atom is 0.191 e. The lowest BCUT2D eigenvalue weighted by atomic mass is 10.1. The molecule has 3 nitrogen and oxygen atoms in total. The summed E-state index contributed by atoms with van der Waals surface area (Å²) in [6, 6.07) is 8.34. The fourth-order valence-corrected chi connectivity index (χ4v) is 2.42. The number of thioether (sulfide) groups is 1. The molecule has 0 bridgehead atoms. The minimum atomic E-state index is 0.517. The Morgan fingerprint density at radius 1 is 1.24 bits per heavy atom. The lowest BCUT2D eigenvalue weighted by molar-refractivity contribution is 0.790. The van der Waals surface area contributed by atoms with Gasteiger partial charge < -0.3 is 4.57 Å².